The van der Waals surface area contributed by atoms with Crippen LogP contribution in [0, 0.1) is 0 Å². The van der Waals surface area contributed by atoms with Gasteiger partial charge in [0.1, 0.15) is 0 Å². The van der Waals surface area contributed by atoms with Crippen molar-refractivity contribution < 1.29 is 0 Å². The molecule has 5 heteroatoms. The second-order valence-electron chi connectivity index (χ2n) is 6.05. The average molecular weight is 455 g/mol. The molecule has 0 amide bonds. The summed E-state index contributed by atoms with van der Waals surface area (Å²) in [7, 11) is 2.13. The molecule has 24 heavy (non-hydrogen) atoms. The van der Waals surface area contributed by atoms with Gasteiger partial charge in [0, 0.05) is 37.5 Å². The third kappa shape index (κ3) is 4.72. The molecule has 1 aromatic heterocycles. The lowest BCUT2D eigenvalue weighted by molar-refractivity contribution is 0.483. The second-order valence-corrected chi connectivity index (χ2v) is 7.08. The van der Waals surface area contributed by atoms with E-state index in [1.54, 1.807) is 0 Å². The minimum Gasteiger partial charge on any atom is -0.357 e. The van der Waals surface area contributed by atoms with Gasteiger partial charge in [-0.15, -0.1) is 35.3 Å². The number of halogens is 1. The molecule has 0 saturated carbocycles. The molecule has 0 radical (unpaired) electrons. The van der Waals surface area contributed by atoms with Gasteiger partial charge in [0.05, 0.1) is 0 Å². The van der Waals surface area contributed by atoms with Crippen LogP contribution in [0.2, 0.25) is 0 Å². The Morgan fingerprint density at radius 1 is 1.29 bits per heavy atom. The monoisotopic (exact) mass is 455 g/mol. The van der Waals surface area contributed by atoms with E-state index in [1.165, 1.54) is 16.0 Å². The van der Waals surface area contributed by atoms with E-state index in [0.717, 1.165) is 38.4 Å². The number of guanidine groups is 1. The molecule has 0 spiro atoms. The lowest BCUT2D eigenvalue weighted by Gasteiger charge is -2.29. The summed E-state index contributed by atoms with van der Waals surface area (Å²) < 4.78 is 0. The molecule has 1 atom stereocenters. The number of rotatable bonds is 6. The van der Waals surface area contributed by atoms with Gasteiger partial charge in [0.25, 0.3) is 0 Å². The third-order valence-electron chi connectivity index (χ3n) is 4.39. The molecule has 0 fully saturated rings. The zero-order valence-corrected chi connectivity index (χ0v) is 17.5. The van der Waals surface area contributed by atoms with Crippen molar-refractivity contribution in [2.24, 2.45) is 4.99 Å². The molecule has 1 unspecified atom stereocenters. The Morgan fingerprint density at radius 2 is 2.12 bits per heavy atom. The molecule has 130 valence electrons. The van der Waals surface area contributed by atoms with Crippen molar-refractivity contribution in [3.05, 3.63) is 57.8 Å². The van der Waals surface area contributed by atoms with Crippen LogP contribution in [0.4, 0.5) is 0 Å². The van der Waals surface area contributed by atoms with Gasteiger partial charge < -0.3 is 10.2 Å². The fourth-order valence-corrected chi connectivity index (χ4v) is 3.73. The standard InChI is InChI=1S/C19H25N3S.HI/c1-3-20-19(22(2)11-10-17-8-6-12-23-17)21-14-16-13-15-7-4-5-9-18(15)16;/h4-9,12,16H,3,10-11,13-14H2,1-2H3,(H,20,21);1H. The normalized spacial score (nSPS) is 15.9. The van der Waals surface area contributed by atoms with Gasteiger partial charge in [0.15, 0.2) is 5.96 Å². The average Bonchev–Trinajstić information content (AvgIpc) is 3.06. The van der Waals surface area contributed by atoms with Crippen molar-refractivity contribution in [3.63, 3.8) is 0 Å². The maximum absolute atomic E-state index is 4.87. The van der Waals surface area contributed by atoms with Crippen molar-refractivity contribution in [1.82, 2.24) is 10.2 Å². The van der Waals surface area contributed by atoms with Crippen molar-refractivity contribution in [3.8, 4) is 0 Å². The number of benzene rings is 1. The molecule has 1 N–H and O–H groups in total. The van der Waals surface area contributed by atoms with E-state index in [4.69, 9.17) is 4.99 Å². The first-order valence-corrected chi connectivity index (χ1v) is 9.25. The summed E-state index contributed by atoms with van der Waals surface area (Å²) in [6, 6.07) is 13.1. The SMILES string of the molecule is CCNC(=NCC1Cc2ccccc21)N(C)CCc1cccs1.I. The lowest BCUT2D eigenvalue weighted by atomic mass is 9.78. The number of hydrogen-bond acceptors (Lipinski definition) is 2. The molecule has 3 nitrogen and oxygen atoms in total. The Bertz CT molecular complexity index is 654. The quantitative estimate of drug-likeness (QED) is 0.403. The number of fused-ring (bicyclic) bond motifs is 1. The predicted molar refractivity (Wildman–Crippen MR) is 115 cm³/mol. The Morgan fingerprint density at radius 3 is 2.83 bits per heavy atom. The molecule has 3 rings (SSSR count). The van der Waals surface area contributed by atoms with Crippen molar-refractivity contribution in [2.45, 2.75) is 25.7 Å². The highest BCUT2D eigenvalue weighted by molar-refractivity contribution is 14.0. The Labute approximate surface area is 166 Å². The summed E-state index contributed by atoms with van der Waals surface area (Å²) in [5.74, 6) is 1.61. The number of nitrogens with one attached hydrogen (secondary N) is 1. The maximum Gasteiger partial charge on any atom is 0.193 e. The summed E-state index contributed by atoms with van der Waals surface area (Å²) in [5, 5.41) is 5.56. The van der Waals surface area contributed by atoms with Crippen molar-refractivity contribution >= 4 is 41.3 Å². The largest absolute Gasteiger partial charge is 0.357 e. The van der Waals surface area contributed by atoms with Crippen LogP contribution in [0.25, 0.3) is 0 Å². The highest BCUT2D eigenvalue weighted by atomic mass is 127. The van der Waals surface area contributed by atoms with Crippen LogP contribution in [0.15, 0.2) is 46.8 Å². The van der Waals surface area contributed by atoms with Gasteiger partial charge >= 0.3 is 0 Å². The topological polar surface area (TPSA) is 27.6 Å². The number of nitrogens with zero attached hydrogens (tertiary/aromatic N) is 2. The van der Waals surface area contributed by atoms with Crippen LogP contribution in [0.3, 0.4) is 0 Å². The minimum absolute atomic E-state index is 0. The van der Waals surface area contributed by atoms with Crippen molar-refractivity contribution in [1.29, 1.82) is 0 Å². The molecule has 0 bridgehead atoms. The van der Waals surface area contributed by atoms with Crippen LogP contribution in [-0.2, 0) is 12.8 Å². The Balaban J connectivity index is 0.00000208. The molecule has 1 aliphatic carbocycles. The first kappa shape index (κ1) is 19.2. The molecular formula is C19H26IN3S. The zero-order chi connectivity index (χ0) is 16.1. The molecule has 0 aliphatic heterocycles. The van der Waals surface area contributed by atoms with Crippen LogP contribution in [-0.4, -0.2) is 37.5 Å². The minimum atomic E-state index is 0. The summed E-state index contributed by atoms with van der Waals surface area (Å²) in [6.45, 7) is 4.90. The highest BCUT2D eigenvalue weighted by Crippen LogP contribution is 2.34. The van der Waals surface area contributed by atoms with Gasteiger partial charge in [0.2, 0.25) is 0 Å². The molecular weight excluding hydrogens is 429 g/mol. The van der Waals surface area contributed by atoms with E-state index in [2.05, 4.69) is 66.0 Å². The van der Waals surface area contributed by atoms with E-state index < -0.39 is 0 Å². The fourth-order valence-electron chi connectivity index (χ4n) is 3.03. The summed E-state index contributed by atoms with van der Waals surface area (Å²) in [5.41, 5.74) is 2.97. The van der Waals surface area contributed by atoms with Crippen LogP contribution in [0.5, 0.6) is 0 Å². The Kier molecular flexibility index (Phi) is 7.55. The summed E-state index contributed by atoms with van der Waals surface area (Å²) in [4.78, 5) is 8.54. The smallest absolute Gasteiger partial charge is 0.193 e. The summed E-state index contributed by atoms with van der Waals surface area (Å²) >= 11 is 1.83. The maximum atomic E-state index is 4.87. The van der Waals surface area contributed by atoms with Crippen LogP contribution >= 0.6 is 35.3 Å². The van der Waals surface area contributed by atoms with Gasteiger partial charge in [-0.1, -0.05) is 30.3 Å². The lowest BCUT2D eigenvalue weighted by Crippen LogP contribution is -2.40. The van der Waals surface area contributed by atoms with E-state index >= 15 is 0 Å². The molecule has 1 aliphatic rings. The van der Waals surface area contributed by atoms with Crippen LogP contribution in [0.1, 0.15) is 28.8 Å². The molecule has 2 aromatic rings. The number of thiophene rings is 1. The second kappa shape index (κ2) is 9.42. The summed E-state index contributed by atoms with van der Waals surface area (Å²) in [6.07, 6.45) is 2.24. The number of hydrogen-bond donors (Lipinski definition) is 1. The van der Waals surface area contributed by atoms with E-state index in [1.807, 2.05) is 11.3 Å². The molecule has 0 saturated heterocycles. The first-order valence-electron chi connectivity index (χ1n) is 8.37. The van der Waals surface area contributed by atoms with Gasteiger partial charge in [-0.05, 0) is 42.3 Å². The van der Waals surface area contributed by atoms with Gasteiger partial charge in [-0.2, -0.15) is 0 Å². The van der Waals surface area contributed by atoms with Gasteiger partial charge in [-0.3, -0.25) is 4.99 Å². The van der Waals surface area contributed by atoms with E-state index in [0.29, 0.717) is 5.92 Å². The van der Waals surface area contributed by atoms with Crippen LogP contribution < -0.4 is 5.32 Å². The van der Waals surface area contributed by atoms with E-state index in [9.17, 15) is 0 Å². The highest BCUT2D eigenvalue weighted by Gasteiger charge is 2.25. The zero-order valence-electron chi connectivity index (χ0n) is 14.4. The predicted octanol–water partition coefficient (Wildman–Crippen LogP) is 4.15. The first-order chi connectivity index (χ1) is 11.3. The van der Waals surface area contributed by atoms with Crippen molar-refractivity contribution in [2.75, 3.05) is 26.7 Å². The third-order valence-corrected chi connectivity index (χ3v) is 5.33. The number of likely N-dealkylation sites (N-methyl/N-ethyl adjacent to an activating group) is 1. The Hall–Kier alpha value is -1.08. The fraction of sp³-hybridized carbons (Fsp3) is 0.421. The molecule has 1 heterocycles. The molecule has 1 aromatic carbocycles. The van der Waals surface area contributed by atoms with Gasteiger partial charge in [-0.25, -0.2) is 0 Å². The number of aliphatic imine (C=N–C) groups is 1. The van der Waals surface area contributed by atoms with E-state index in [-0.39, 0.29) is 24.0 Å².